The maximum absolute atomic E-state index is 11.4. The molecule has 0 saturated heterocycles. The van der Waals surface area contributed by atoms with Crippen LogP contribution in [0.5, 0.6) is 5.75 Å². The van der Waals surface area contributed by atoms with Gasteiger partial charge >= 0.3 is 5.97 Å². The molecule has 92 valence electrons. The minimum atomic E-state index is -0.280. The largest absolute Gasteiger partial charge is 0.493 e. The minimum absolute atomic E-state index is 0.280. The number of ether oxygens (including phenoxy) is 2. The normalized spacial score (nSPS) is 15.1. The van der Waals surface area contributed by atoms with Crippen LogP contribution in [0.25, 0.3) is 0 Å². The van der Waals surface area contributed by atoms with Gasteiger partial charge in [-0.15, -0.1) is 0 Å². The summed E-state index contributed by atoms with van der Waals surface area (Å²) in [7, 11) is 0. The third-order valence-electron chi connectivity index (χ3n) is 3.08. The predicted molar refractivity (Wildman–Crippen MR) is 65.2 cm³/mol. The first kappa shape index (κ1) is 12.0. The number of carbonyl (C=O) groups is 1. The Labute approximate surface area is 102 Å². The van der Waals surface area contributed by atoms with E-state index in [1.165, 1.54) is 19.3 Å². The third kappa shape index (κ3) is 3.22. The van der Waals surface area contributed by atoms with Crippen LogP contribution < -0.4 is 4.74 Å². The molecule has 1 fully saturated rings. The van der Waals surface area contributed by atoms with Gasteiger partial charge in [0.05, 0.1) is 18.8 Å². The minimum Gasteiger partial charge on any atom is -0.493 e. The zero-order valence-electron chi connectivity index (χ0n) is 10.1. The van der Waals surface area contributed by atoms with Crippen LogP contribution in [0, 0.1) is 5.92 Å². The summed E-state index contributed by atoms with van der Waals surface area (Å²) in [6.07, 6.45) is 3.89. The lowest BCUT2D eigenvalue weighted by atomic mass is 9.86. The van der Waals surface area contributed by atoms with E-state index in [2.05, 4.69) is 0 Å². The number of carbonyl (C=O) groups excluding carboxylic acids is 1. The van der Waals surface area contributed by atoms with E-state index >= 15 is 0 Å². The van der Waals surface area contributed by atoms with Gasteiger partial charge in [0.15, 0.2) is 0 Å². The molecule has 0 amide bonds. The van der Waals surface area contributed by atoms with Gasteiger partial charge in [-0.1, -0.05) is 6.42 Å². The summed E-state index contributed by atoms with van der Waals surface area (Å²) in [4.78, 5) is 11.4. The molecule has 1 aromatic carbocycles. The van der Waals surface area contributed by atoms with Gasteiger partial charge in [0.2, 0.25) is 0 Å². The van der Waals surface area contributed by atoms with Crippen molar-refractivity contribution in [3.05, 3.63) is 29.8 Å². The van der Waals surface area contributed by atoms with Gasteiger partial charge in [-0.2, -0.15) is 0 Å². The standard InChI is InChI=1S/C14H18O3/c1-2-16-14(15)12-6-8-13(9-7-12)17-10-11-4-3-5-11/h6-9,11H,2-5,10H2,1H3. The molecule has 3 nitrogen and oxygen atoms in total. The average Bonchev–Trinajstić information content (AvgIpc) is 2.28. The summed E-state index contributed by atoms with van der Waals surface area (Å²) in [6.45, 7) is 2.99. The molecule has 0 heterocycles. The van der Waals surface area contributed by atoms with Crippen LogP contribution in [0.2, 0.25) is 0 Å². The quantitative estimate of drug-likeness (QED) is 0.734. The highest BCUT2D eigenvalue weighted by molar-refractivity contribution is 5.89. The first-order chi connectivity index (χ1) is 8.29. The second-order valence-electron chi connectivity index (χ2n) is 4.35. The van der Waals surface area contributed by atoms with E-state index in [1.54, 1.807) is 19.1 Å². The van der Waals surface area contributed by atoms with E-state index in [9.17, 15) is 4.79 Å². The van der Waals surface area contributed by atoms with Gasteiger partial charge in [0, 0.05) is 0 Å². The first-order valence-electron chi connectivity index (χ1n) is 6.19. The van der Waals surface area contributed by atoms with Crippen LogP contribution in [0.1, 0.15) is 36.5 Å². The van der Waals surface area contributed by atoms with Gasteiger partial charge in [-0.3, -0.25) is 0 Å². The molecule has 3 heteroatoms. The lowest BCUT2D eigenvalue weighted by molar-refractivity contribution is 0.0526. The van der Waals surface area contributed by atoms with Crippen LogP contribution in [-0.4, -0.2) is 19.2 Å². The Morgan fingerprint density at radius 3 is 2.53 bits per heavy atom. The van der Waals surface area contributed by atoms with E-state index in [0.717, 1.165) is 18.3 Å². The number of hydrogen-bond acceptors (Lipinski definition) is 3. The molecule has 0 aliphatic heterocycles. The van der Waals surface area contributed by atoms with Crippen molar-refractivity contribution in [2.24, 2.45) is 5.92 Å². The van der Waals surface area contributed by atoms with Gasteiger partial charge in [0.25, 0.3) is 0 Å². The topological polar surface area (TPSA) is 35.5 Å². The molecule has 1 aromatic rings. The third-order valence-corrected chi connectivity index (χ3v) is 3.08. The summed E-state index contributed by atoms with van der Waals surface area (Å²) >= 11 is 0. The number of benzene rings is 1. The van der Waals surface area contributed by atoms with Crippen LogP contribution in [0.15, 0.2) is 24.3 Å². The highest BCUT2D eigenvalue weighted by Crippen LogP contribution is 2.27. The van der Waals surface area contributed by atoms with Crippen LogP contribution >= 0.6 is 0 Å². The molecule has 1 aliphatic carbocycles. The summed E-state index contributed by atoms with van der Waals surface area (Å²) in [5.74, 6) is 1.27. The second-order valence-corrected chi connectivity index (χ2v) is 4.35. The van der Waals surface area contributed by atoms with Gasteiger partial charge < -0.3 is 9.47 Å². The van der Waals surface area contributed by atoms with E-state index in [1.807, 2.05) is 12.1 Å². The van der Waals surface area contributed by atoms with Crippen molar-refractivity contribution in [1.82, 2.24) is 0 Å². The van der Waals surface area contributed by atoms with Crippen LogP contribution in [0.4, 0.5) is 0 Å². The Morgan fingerprint density at radius 2 is 2.00 bits per heavy atom. The molecule has 0 bridgehead atoms. The molecule has 2 rings (SSSR count). The van der Waals surface area contributed by atoms with Crippen molar-refractivity contribution in [2.45, 2.75) is 26.2 Å². The maximum Gasteiger partial charge on any atom is 0.338 e. The van der Waals surface area contributed by atoms with E-state index in [4.69, 9.17) is 9.47 Å². The molecule has 0 aromatic heterocycles. The Balaban J connectivity index is 1.85. The Hall–Kier alpha value is -1.51. The molecule has 0 radical (unpaired) electrons. The fraction of sp³-hybridized carbons (Fsp3) is 0.500. The summed E-state index contributed by atoms with van der Waals surface area (Å²) < 4.78 is 10.6. The highest BCUT2D eigenvalue weighted by atomic mass is 16.5. The Bertz CT molecular complexity index is 366. The summed E-state index contributed by atoms with van der Waals surface area (Å²) in [5.41, 5.74) is 0.572. The molecule has 1 saturated carbocycles. The van der Waals surface area contributed by atoms with Crippen LogP contribution in [-0.2, 0) is 4.74 Å². The Morgan fingerprint density at radius 1 is 1.29 bits per heavy atom. The van der Waals surface area contributed by atoms with E-state index in [0.29, 0.717) is 12.2 Å². The van der Waals surface area contributed by atoms with Crippen molar-refractivity contribution in [3.8, 4) is 5.75 Å². The van der Waals surface area contributed by atoms with Crippen molar-refractivity contribution in [3.63, 3.8) is 0 Å². The predicted octanol–water partition coefficient (Wildman–Crippen LogP) is 3.04. The highest BCUT2D eigenvalue weighted by Gasteiger charge is 2.17. The second kappa shape index (κ2) is 5.71. The fourth-order valence-electron chi connectivity index (χ4n) is 1.78. The van der Waals surface area contributed by atoms with Crippen molar-refractivity contribution >= 4 is 5.97 Å². The van der Waals surface area contributed by atoms with Crippen LogP contribution in [0.3, 0.4) is 0 Å². The lowest BCUT2D eigenvalue weighted by Gasteiger charge is -2.25. The number of rotatable bonds is 5. The summed E-state index contributed by atoms with van der Waals surface area (Å²) in [6, 6.07) is 7.14. The van der Waals surface area contributed by atoms with Gasteiger partial charge in [-0.05, 0) is 49.9 Å². The molecule has 0 spiro atoms. The number of hydrogen-bond donors (Lipinski definition) is 0. The summed E-state index contributed by atoms with van der Waals surface area (Å²) in [5, 5.41) is 0. The van der Waals surface area contributed by atoms with Crippen molar-refractivity contribution in [1.29, 1.82) is 0 Å². The molecule has 0 N–H and O–H groups in total. The van der Waals surface area contributed by atoms with E-state index < -0.39 is 0 Å². The lowest BCUT2D eigenvalue weighted by Crippen LogP contribution is -2.19. The Kier molecular flexibility index (Phi) is 4.02. The number of esters is 1. The smallest absolute Gasteiger partial charge is 0.338 e. The fourth-order valence-corrected chi connectivity index (χ4v) is 1.78. The van der Waals surface area contributed by atoms with Crippen molar-refractivity contribution < 1.29 is 14.3 Å². The maximum atomic E-state index is 11.4. The molecule has 17 heavy (non-hydrogen) atoms. The van der Waals surface area contributed by atoms with Gasteiger partial charge in [0.1, 0.15) is 5.75 Å². The average molecular weight is 234 g/mol. The van der Waals surface area contributed by atoms with Crippen molar-refractivity contribution in [2.75, 3.05) is 13.2 Å². The molecule has 0 atom stereocenters. The molecule has 0 unspecified atom stereocenters. The molecule has 1 aliphatic rings. The molecular weight excluding hydrogens is 216 g/mol. The molecular formula is C14H18O3. The zero-order chi connectivity index (χ0) is 12.1. The van der Waals surface area contributed by atoms with Gasteiger partial charge in [-0.25, -0.2) is 4.79 Å². The first-order valence-corrected chi connectivity index (χ1v) is 6.19. The zero-order valence-corrected chi connectivity index (χ0v) is 10.1. The SMILES string of the molecule is CCOC(=O)c1ccc(OCC2CCC2)cc1. The van der Waals surface area contributed by atoms with E-state index in [-0.39, 0.29) is 5.97 Å². The monoisotopic (exact) mass is 234 g/mol.